The van der Waals surface area contributed by atoms with E-state index in [-0.39, 0.29) is 6.61 Å². The Morgan fingerprint density at radius 1 is 1.62 bits per heavy atom. The summed E-state index contributed by atoms with van der Waals surface area (Å²) in [6.07, 6.45) is 0.447. The number of aliphatic hydroxyl groups excluding tert-OH is 1. The Kier molecular flexibility index (Phi) is 2.07. The lowest BCUT2D eigenvalue weighted by atomic mass is 10.3. The molecule has 3 fully saturated rings. The van der Waals surface area contributed by atoms with E-state index in [2.05, 4.69) is 20.2 Å². The van der Waals surface area contributed by atoms with E-state index in [1.165, 1.54) is 0 Å². The molecule has 1 atom stereocenters. The standard InChI is InChI=1S/C6H9O6P/c1-2-3-9-4-5(7)6-10-13(8,11-6)12-6/h2,5,7H,1,3-4H2. The van der Waals surface area contributed by atoms with E-state index < -0.39 is 19.9 Å². The maximum absolute atomic E-state index is 10.7. The van der Waals surface area contributed by atoms with Gasteiger partial charge in [-0.05, 0) is 0 Å². The monoisotopic (exact) mass is 208 g/mol. The summed E-state index contributed by atoms with van der Waals surface area (Å²) < 4.78 is 29.6. The molecule has 7 heteroatoms. The predicted octanol–water partition coefficient (Wildman–Crippen LogP) is 0.389. The van der Waals surface area contributed by atoms with Crippen LogP contribution < -0.4 is 0 Å². The molecule has 0 spiro atoms. The van der Waals surface area contributed by atoms with Crippen molar-refractivity contribution in [3.8, 4) is 0 Å². The lowest BCUT2D eigenvalue weighted by Crippen LogP contribution is -2.65. The Morgan fingerprint density at radius 2 is 2.23 bits per heavy atom. The second-order valence-corrected chi connectivity index (χ2v) is 4.11. The van der Waals surface area contributed by atoms with Crippen LogP contribution in [0, 0.1) is 0 Å². The van der Waals surface area contributed by atoms with Crippen molar-refractivity contribution >= 4 is 7.82 Å². The van der Waals surface area contributed by atoms with Crippen LogP contribution in [0.25, 0.3) is 0 Å². The summed E-state index contributed by atoms with van der Waals surface area (Å²) in [5, 5.41) is 9.35. The van der Waals surface area contributed by atoms with Crippen LogP contribution in [0.5, 0.6) is 0 Å². The first-order valence-electron chi connectivity index (χ1n) is 3.69. The summed E-state index contributed by atoms with van der Waals surface area (Å²) in [7, 11) is -3.22. The van der Waals surface area contributed by atoms with Crippen LogP contribution in [0.2, 0.25) is 0 Å². The van der Waals surface area contributed by atoms with Crippen LogP contribution in [0.15, 0.2) is 12.7 Å². The molecule has 0 aromatic heterocycles. The number of hydrogen-bond donors (Lipinski definition) is 1. The minimum atomic E-state index is -3.22. The van der Waals surface area contributed by atoms with Gasteiger partial charge in [0.15, 0.2) is 6.10 Å². The summed E-state index contributed by atoms with van der Waals surface area (Å²) in [4.78, 5) is 0. The quantitative estimate of drug-likeness (QED) is 0.400. The molecule has 1 unspecified atom stereocenters. The fraction of sp³-hybridized carbons (Fsp3) is 0.667. The van der Waals surface area contributed by atoms with Gasteiger partial charge in [-0.25, -0.2) is 18.1 Å². The third-order valence-electron chi connectivity index (χ3n) is 1.64. The third-order valence-corrected chi connectivity index (χ3v) is 3.07. The molecule has 6 nitrogen and oxygen atoms in total. The number of ether oxygens (including phenoxy) is 1. The molecule has 0 aromatic carbocycles. The number of aliphatic hydroxyl groups is 1. The first kappa shape index (κ1) is 9.33. The fourth-order valence-electron chi connectivity index (χ4n) is 1.04. The summed E-state index contributed by atoms with van der Waals surface area (Å²) in [6.45, 7) is 3.72. The normalized spacial score (nSPS) is 43.2. The molecule has 3 aliphatic heterocycles. The van der Waals surface area contributed by atoms with Crippen molar-refractivity contribution in [1.29, 1.82) is 0 Å². The summed E-state index contributed by atoms with van der Waals surface area (Å²) in [6, 6.07) is 0. The fourth-order valence-corrected chi connectivity index (χ4v) is 2.38. The smallest absolute Gasteiger partial charge is 0.382 e. The van der Waals surface area contributed by atoms with Crippen molar-refractivity contribution in [2.75, 3.05) is 13.2 Å². The van der Waals surface area contributed by atoms with Crippen LogP contribution in [0.3, 0.4) is 0 Å². The van der Waals surface area contributed by atoms with Crippen LogP contribution in [-0.2, 0) is 22.9 Å². The zero-order chi connectivity index (χ0) is 9.53. The molecule has 13 heavy (non-hydrogen) atoms. The molecule has 3 heterocycles. The molecular formula is C6H9O6P. The van der Waals surface area contributed by atoms with Crippen molar-refractivity contribution in [1.82, 2.24) is 0 Å². The first-order chi connectivity index (χ1) is 6.10. The molecule has 3 rings (SSSR count). The highest BCUT2D eigenvalue weighted by Crippen LogP contribution is 2.80. The van der Waals surface area contributed by atoms with Gasteiger partial charge in [-0.15, -0.1) is 6.58 Å². The van der Waals surface area contributed by atoms with E-state index >= 15 is 0 Å². The summed E-state index contributed by atoms with van der Waals surface area (Å²) in [5.41, 5.74) is 0. The molecule has 0 aromatic rings. The first-order valence-corrected chi connectivity index (χ1v) is 5.15. The molecule has 1 N–H and O–H groups in total. The van der Waals surface area contributed by atoms with Gasteiger partial charge in [0, 0.05) is 0 Å². The predicted molar refractivity (Wildman–Crippen MR) is 40.6 cm³/mol. The molecule has 0 aliphatic carbocycles. The Labute approximate surface area is 74.7 Å². The highest BCUT2D eigenvalue weighted by atomic mass is 31.2. The maximum Gasteiger partial charge on any atom is 0.488 e. The van der Waals surface area contributed by atoms with Gasteiger partial charge in [-0.3, -0.25) is 0 Å². The summed E-state index contributed by atoms with van der Waals surface area (Å²) in [5.74, 6) is -1.53. The Hall–Kier alpha value is -0.230. The van der Waals surface area contributed by atoms with Gasteiger partial charge in [0.25, 0.3) is 0 Å². The van der Waals surface area contributed by atoms with E-state index in [1.807, 2.05) is 0 Å². The zero-order valence-electron chi connectivity index (χ0n) is 6.71. The van der Waals surface area contributed by atoms with Gasteiger partial charge in [0.1, 0.15) is 0 Å². The van der Waals surface area contributed by atoms with Gasteiger partial charge >= 0.3 is 13.8 Å². The van der Waals surface area contributed by atoms with Gasteiger partial charge in [0.05, 0.1) is 13.2 Å². The second kappa shape index (κ2) is 2.88. The van der Waals surface area contributed by atoms with E-state index in [9.17, 15) is 9.67 Å². The second-order valence-electron chi connectivity index (χ2n) is 2.67. The maximum atomic E-state index is 10.7. The van der Waals surface area contributed by atoms with Gasteiger partial charge < -0.3 is 9.84 Å². The molecule has 74 valence electrons. The van der Waals surface area contributed by atoms with E-state index in [4.69, 9.17) is 4.74 Å². The average molecular weight is 208 g/mol. The molecule has 0 amide bonds. The van der Waals surface area contributed by atoms with Gasteiger partial charge in [-0.2, -0.15) is 0 Å². The van der Waals surface area contributed by atoms with Crippen molar-refractivity contribution in [2.45, 2.75) is 12.1 Å². The molecule has 3 saturated heterocycles. The largest absolute Gasteiger partial charge is 0.488 e. The molecule has 0 radical (unpaired) electrons. The van der Waals surface area contributed by atoms with Crippen LogP contribution >= 0.6 is 7.82 Å². The lowest BCUT2D eigenvalue weighted by molar-refractivity contribution is -0.460. The molecular weight excluding hydrogens is 199 g/mol. The number of phosphoric acid groups is 1. The Balaban J connectivity index is 1.76. The molecule has 0 saturated carbocycles. The molecule has 3 aliphatic rings. The highest BCUT2D eigenvalue weighted by molar-refractivity contribution is 7.51. The summed E-state index contributed by atoms with van der Waals surface area (Å²) >= 11 is 0. The van der Waals surface area contributed by atoms with Crippen molar-refractivity contribution in [2.24, 2.45) is 0 Å². The minimum absolute atomic E-state index is 0.0218. The molecule has 2 bridgehead atoms. The number of rotatable bonds is 5. The van der Waals surface area contributed by atoms with Crippen LogP contribution in [-0.4, -0.2) is 30.4 Å². The van der Waals surface area contributed by atoms with Crippen molar-refractivity contribution in [3.05, 3.63) is 12.7 Å². The number of hydrogen-bond acceptors (Lipinski definition) is 6. The number of phosphoric ester groups is 1. The van der Waals surface area contributed by atoms with E-state index in [0.717, 1.165) is 0 Å². The topological polar surface area (TPSA) is 74.2 Å². The van der Waals surface area contributed by atoms with Crippen LogP contribution in [0.1, 0.15) is 0 Å². The zero-order valence-corrected chi connectivity index (χ0v) is 7.61. The van der Waals surface area contributed by atoms with Crippen molar-refractivity contribution < 1.29 is 28.0 Å². The third kappa shape index (κ3) is 1.36. The van der Waals surface area contributed by atoms with E-state index in [1.54, 1.807) is 6.08 Å². The Bertz CT molecular complexity index is 250. The van der Waals surface area contributed by atoms with Crippen molar-refractivity contribution in [3.63, 3.8) is 0 Å². The van der Waals surface area contributed by atoms with Gasteiger partial charge in [0.2, 0.25) is 0 Å². The average Bonchev–Trinajstić information content (AvgIpc) is 1.97. The Morgan fingerprint density at radius 3 is 2.69 bits per heavy atom. The minimum Gasteiger partial charge on any atom is -0.382 e. The SMILES string of the molecule is C=CCOCC(O)C12OP(=O)(O1)O2. The lowest BCUT2D eigenvalue weighted by Gasteiger charge is -2.56. The van der Waals surface area contributed by atoms with Crippen LogP contribution in [0.4, 0.5) is 0 Å². The van der Waals surface area contributed by atoms with E-state index in [0.29, 0.717) is 6.61 Å². The highest BCUT2D eigenvalue weighted by Gasteiger charge is 2.78. The van der Waals surface area contributed by atoms with Gasteiger partial charge in [-0.1, -0.05) is 6.08 Å².